The Morgan fingerprint density at radius 2 is 2.10 bits per heavy atom. The molecule has 0 aliphatic carbocycles. The highest BCUT2D eigenvalue weighted by molar-refractivity contribution is 5.51. The van der Waals surface area contributed by atoms with Crippen molar-refractivity contribution in [3.05, 3.63) is 12.3 Å². The first kappa shape index (κ1) is 14.2. The maximum atomic E-state index is 5.58. The van der Waals surface area contributed by atoms with E-state index < -0.39 is 0 Å². The zero-order valence-corrected chi connectivity index (χ0v) is 12.3. The molecule has 108 valence electrons. The predicted molar refractivity (Wildman–Crippen MR) is 76.6 cm³/mol. The molecule has 0 saturated carbocycles. The fourth-order valence-corrected chi connectivity index (χ4v) is 1.64. The first-order valence-electron chi connectivity index (χ1n) is 6.75. The lowest BCUT2D eigenvalue weighted by Gasteiger charge is -2.11. The van der Waals surface area contributed by atoms with Gasteiger partial charge in [-0.25, -0.2) is 0 Å². The topological polar surface area (TPSA) is 77.8 Å². The van der Waals surface area contributed by atoms with Crippen LogP contribution in [-0.2, 0) is 7.05 Å². The second kappa shape index (κ2) is 6.31. The van der Waals surface area contributed by atoms with Crippen molar-refractivity contribution < 1.29 is 4.74 Å². The molecule has 0 aromatic carbocycles. The van der Waals surface area contributed by atoms with Gasteiger partial charge in [-0.15, -0.1) is 0 Å². The molecule has 7 nitrogen and oxygen atoms in total. The van der Waals surface area contributed by atoms with Crippen LogP contribution >= 0.6 is 0 Å². The van der Waals surface area contributed by atoms with E-state index >= 15 is 0 Å². The first-order valence-corrected chi connectivity index (χ1v) is 6.75. The number of hydrogen-bond acceptors (Lipinski definition) is 6. The van der Waals surface area contributed by atoms with Crippen LogP contribution in [0.25, 0.3) is 11.5 Å². The van der Waals surface area contributed by atoms with Crippen molar-refractivity contribution in [1.82, 2.24) is 24.7 Å². The molecule has 2 heterocycles. The molecule has 7 heteroatoms. The van der Waals surface area contributed by atoms with Crippen molar-refractivity contribution in [2.24, 2.45) is 7.05 Å². The lowest BCUT2D eigenvalue weighted by Crippen LogP contribution is -2.13. The highest BCUT2D eigenvalue weighted by atomic mass is 16.5. The number of hydrogen-bond donors (Lipinski definition) is 1. The van der Waals surface area contributed by atoms with Gasteiger partial charge in [0.15, 0.2) is 5.82 Å². The number of anilines is 1. The largest absolute Gasteiger partial charge is 0.461 e. The fraction of sp³-hybridized carbons (Fsp3) is 0.538. The molecule has 0 atom stereocenters. The average Bonchev–Trinajstić information content (AvgIpc) is 2.81. The van der Waals surface area contributed by atoms with Gasteiger partial charge in [0.25, 0.3) is 0 Å². The van der Waals surface area contributed by atoms with Crippen molar-refractivity contribution in [3.63, 3.8) is 0 Å². The molecule has 0 amide bonds. The van der Waals surface area contributed by atoms with E-state index in [0.29, 0.717) is 17.8 Å². The Morgan fingerprint density at radius 1 is 1.30 bits per heavy atom. The van der Waals surface area contributed by atoms with Crippen LogP contribution in [0, 0.1) is 0 Å². The normalized spacial score (nSPS) is 10.8. The summed E-state index contributed by atoms with van der Waals surface area (Å²) in [5.41, 5.74) is 0.820. The smallest absolute Gasteiger partial charge is 0.322 e. The van der Waals surface area contributed by atoms with E-state index in [-0.39, 0.29) is 6.10 Å². The lowest BCUT2D eigenvalue weighted by molar-refractivity contribution is 0.222. The Bertz CT molecular complexity index is 566. The monoisotopic (exact) mass is 276 g/mol. The van der Waals surface area contributed by atoms with Crippen molar-refractivity contribution >= 4 is 5.95 Å². The molecular weight excluding hydrogens is 256 g/mol. The van der Waals surface area contributed by atoms with Gasteiger partial charge in [0.05, 0.1) is 6.10 Å². The minimum atomic E-state index is 0.0100. The molecule has 0 unspecified atom stereocenters. The zero-order valence-electron chi connectivity index (χ0n) is 12.3. The van der Waals surface area contributed by atoms with Crippen LogP contribution in [0.4, 0.5) is 5.95 Å². The van der Waals surface area contributed by atoms with E-state index in [9.17, 15) is 0 Å². The lowest BCUT2D eigenvalue weighted by atomic mass is 10.4. The molecule has 2 aromatic heterocycles. The van der Waals surface area contributed by atoms with E-state index in [4.69, 9.17) is 4.74 Å². The maximum absolute atomic E-state index is 5.58. The minimum Gasteiger partial charge on any atom is -0.461 e. The van der Waals surface area contributed by atoms with E-state index in [1.807, 2.05) is 27.0 Å². The summed E-state index contributed by atoms with van der Waals surface area (Å²) in [6.45, 7) is 6.76. The van der Waals surface area contributed by atoms with Gasteiger partial charge in [-0.3, -0.25) is 4.68 Å². The molecular formula is C13H20N6O. The Labute approximate surface area is 118 Å². The highest BCUT2D eigenvalue weighted by Crippen LogP contribution is 2.18. The van der Waals surface area contributed by atoms with E-state index in [0.717, 1.165) is 18.7 Å². The number of rotatable bonds is 6. The van der Waals surface area contributed by atoms with Gasteiger partial charge in [0.1, 0.15) is 5.69 Å². The summed E-state index contributed by atoms with van der Waals surface area (Å²) < 4.78 is 7.30. The average molecular weight is 276 g/mol. The Hall–Kier alpha value is -2.18. The van der Waals surface area contributed by atoms with Crippen LogP contribution in [0.1, 0.15) is 27.2 Å². The van der Waals surface area contributed by atoms with Crippen LogP contribution in [0.15, 0.2) is 12.3 Å². The van der Waals surface area contributed by atoms with Gasteiger partial charge in [0, 0.05) is 19.8 Å². The predicted octanol–water partition coefficient (Wildman–Crippen LogP) is 1.88. The molecule has 20 heavy (non-hydrogen) atoms. The minimum absolute atomic E-state index is 0.0100. The summed E-state index contributed by atoms with van der Waals surface area (Å²) in [4.78, 5) is 13.0. The molecule has 0 fully saturated rings. The number of ether oxygens (including phenoxy) is 1. The molecule has 0 aliphatic heterocycles. The number of nitrogens with zero attached hydrogens (tertiary/aromatic N) is 5. The standard InChI is InChI=1S/C13H20N6O/c1-5-7-14-12-16-11(10-6-8-15-19(10)4)17-13(18-12)20-9(2)3/h6,8-9H,5,7H2,1-4H3,(H,14,16,17,18). The zero-order chi connectivity index (χ0) is 14.5. The van der Waals surface area contributed by atoms with Crippen LogP contribution in [0.5, 0.6) is 6.01 Å². The molecule has 0 radical (unpaired) electrons. The maximum Gasteiger partial charge on any atom is 0.322 e. The van der Waals surface area contributed by atoms with E-state index in [1.165, 1.54) is 0 Å². The van der Waals surface area contributed by atoms with Gasteiger partial charge in [-0.2, -0.15) is 20.1 Å². The third-order valence-corrected chi connectivity index (χ3v) is 2.54. The second-order valence-electron chi connectivity index (χ2n) is 4.70. The fourth-order valence-electron chi connectivity index (χ4n) is 1.64. The Kier molecular flexibility index (Phi) is 4.49. The molecule has 0 bridgehead atoms. The van der Waals surface area contributed by atoms with Crippen molar-refractivity contribution in [1.29, 1.82) is 0 Å². The summed E-state index contributed by atoms with van der Waals surface area (Å²) in [7, 11) is 1.85. The van der Waals surface area contributed by atoms with Crippen molar-refractivity contribution in [2.45, 2.75) is 33.3 Å². The summed E-state index contributed by atoms with van der Waals surface area (Å²) in [5, 5.41) is 7.29. The molecule has 2 rings (SSSR count). The SMILES string of the molecule is CCCNc1nc(OC(C)C)nc(-c2ccnn2C)n1. The van der Waals surface area contributed by atoms with E-state index in [1.54, 1.807) is 10.9 Å². The van der Waals surface area contributed by atoms with Crippen molar-refractivity contribution in [2.75, 3.05) is 11.9 Å². The summed E-state index contributed by atoms with van der Waals surface area (Å²) in [6.07, 6.45) is 2.71. The van der Waals surface area contributed by atoms with E-state index in [2.05, 4.69) is 32.3 Å². The number of aromatic nitrogens is 5. The number of nitrogens with one attached hydrogen (secondary N) is 1. The summed E-state index contributed by atoms with van der Waals surface area (Å²) >= 11 is 0. The van der Waals surface area contributed by atoms with Crippen LogP contribution in [0.2, 0.25) is 0 Å². The Balaban J connectivity index is 2.37. The Morgan fingerprint density at radius 3 is 2.70 bits per heavy atom. The second-order valence-corrected chi connectivity index (χ2v) is 4.70. The molecule has 0 spiro atoms. The van der Waals surface area contributed by atoms with Gasteiger partial charge in [0.2, 0.25) is 5.95 Å². The van der Waals surface area contributed by atoms with Crippen LogP contribution in [0.3, 0.4) is 0 Å². The third-order valence-electron chi connectivity index (χ3n) is 2.54. The summed E-state index contributed by atoms with van der Waals surface area (Å²) in [5.74, 6) is 1.07. The molecule has 0 aliphatic rings. The number of aryl methyl sites for hydroxylation is 1. The van der Waals surface area contributed by atoms with Gasteiger partial charge in [-0.1, -0.05) is 6.92 Å². The van der Waals surface area contributed by atoms with Gasteiger partial charge < -0.3 is 10.1 Å². The van der Waals surface area contributed by atoms with Crippen LogP contribution < -0.4 is 10.1 Å². The van der Waals surface area contributed by atoms with Crippen LogP contribution in [-0.4, -0.2) is 37.4 Å². The molecule has 0 saturated heterocycles. The first-order chi connectivity index (χ1) is 9.60. The third kappa shape index (κ3) is 3.43. The van der Waals surface area contributed by atoms with Crippen molar-refractivity contribution in [3.8, 4) is 17.5 Å². The highest BCUT2D eigenvalue weighted by Gasteiger charge is 2.12. The molecule has 2 aromatic rings. The van der Waals surface area contributed by atoms with Gasteiger partial charge in [-0.05, 0) is 26.3 Å². The molecule has 1 N–H and O–H groups in total. The quantitative estimate of drug-likeness (QED) is 0.868. The summed E-state index contributed by atoms with van der Waals surface area (Å²) in [6, 6.07) is 2.18. The van der Waals surface area contributed by atoms with Gasteiger partial charge >= 0.3 is 6.01 Å².